The van der Waals surface area contributed by atoms with E-state index in [4.69, 9.17) is 10.5 Å². The molecule has 1 aromatic rings. The summed E-state index contributed by atoms with van der Waals surface area (Å²) in [4.78, 5) is 21.8. The van der Waals surface area contributed by atoms with Gasteiger partial charge in [0.15, 0.2) is 5.96 Å². The maximum atomic E-state index is 12.0. The number of guanidine groups is 1. The number of aliphatic imine (C=N–C) groups is 1. The summed E-state index contributed by atoms with van der Waals surface area (Å²) in [6.07, 6.45) is 0.731. The van der Waals surface area contributed by atoms with Crippen LogP contribution in [0.5, 0.6) is 0 Å². The number of carbonyl (C=O) groups is 1. The average Bonchev–Trinajstić information content (AvgIpc) is 3.07. The monoisotopic (exact) mass is 509 g/mol. The van der Waals surface area contributed by atoms with Crippen LogP contribution in [-0.4, -0.2) is 73.3 Å². The molecule has 9 heteroatoms. The van der Waals surface area contributed by atoms with E-state index in [1.165, 1.54) is 4.88 Å². The van der Waals surface area contributed by atoms with Crippen LogP contribution < -0.4 is 11.1 Å². The molecule has 1 aliphatic heterocycles. The Morgan fingerprint density at radius 3 is 2.63 bits per heavy atom. The third kappa shape index (κ3) is 9.61. The number of nitrogens with two attached hydrogens (primary N) is 1. The van der Waals surface area contributed by atoms with Crippen LogP contribution in [0.1, 0.15) is 25.6 Å². The molecule has 0 radical (unpaired) electrons. The van der Waals surface area contributed by atoms with Crippen molar-refractivity contribution in [1.82, 2.24) is 15.1 Å². The van der Waals surface area contributed by atoms with Crippen LogP contribution >= 0.6 is 35.3 Å². The summed E-state index contributed by atoms with van der Waals surface area (Å²) in [7, 11) is 0. The maximum Gasteiger partial charge on any atom is 0.410 e. The van der Waals surface area contributed by atoms with Gasteiger partial charge >= 0.3 is 6.09 Å². The number of nitrogens with zero attached hydrogens (tertiary/aromatic N) is 3. The molecule has 0 unspecified atom stereocenters. The number of halogens is 1. The van der Waals surface area contributed by atoms with Crippen LogP contribution in [0.4, 0.5) is 4.79 Å². The predicted molar refractivity (Wildman–Crippen MR) is 122 cm³/mol. The Balaban J connectivity index is 0.00000364. The summed E-state index contributed by atoms with van der Waals surface area (Å²) < 4.78 is 5.41. The number of carbonyl (C=O) groups excluding carboxylic acids is 1. The molecule has 0 saturated carbocycles. The van der Waals surface area contributed by atoms with Crippen molar-refractivity contribution in [3.8, 4) is 0 Å². The third-order valence-electron chi connectivity index (χ3n) is 3.98. The van der Waals surface area contributed by atoms with E-state index in [0.29, 0.717) is 25.6 Å². The number of thiophene rings is 1. The summed E-state index contributed by atoms with van der Waals surface area (Å²) in [5, 5.41) is 5.23. The Bertz CT molecular complexity index is 581. The first kappa shape index (κ1) is 24.0. The number of hydrogen-bond acceptors (Lipinski definition) is 5. The second-order valence-electron chi connectivity index (χ2n) is 7.33. The van der Waals surface area contributed by atoms with E-state index in [9.17, 15) is 4.79 Å². The molecule has 0 atom stereocenters. The second kappa shape index (κ2) is 11.7. The van der Waals surface area contributed by atoms with E-state index < -0.39 is 5.60 Å². The molecule has 0 aliphatic carbocycles. The van der Waals surface area contributed by atoms with Crippen molar-refractivity contribution in [2.45, 2.75) is 32.8 Å². The first-order valence-corrected chi connectivity index (χ1v) is 9.98. The molecular formula is C18H32IN5O2S. The Morgan fingerprint density at radius 1 is 1.33 bits per heavy atom. The Labute approximate surface area is 183 Å². The lowest BCUT2D eigenvalue weighted by atomic mass is 10.2. The normalized spacial score (nSPS) is 16.0. The molecule has 2 rings (SSSR count). The topological polar surface area (TPSA) is 83.2 Å². The van der Waals surface area contributed by atoms with Crippen LogP contribution in [0.2, 0.25) is 0 Å². The van der Waals surface area contributed by atoms with E-state index in [2.05, 4.69) is 32.7 Å². The average molecular weight is 509 g/mol. The minimum absolute atomic E-state index is 0. The van der Waals surface area contributed by atoms with Crippen LogP contribution in [-0.2, 0) is 11.2 Å². The molecule has 0 spiro atoms. The molecule has 7 nitrogen and oxygen atoms in total. The van der Waals surface area contributed by atoms with Crippen molar-refractivity contribution < 1.29 is 9.53 Å². The van der Waals surface area contributed by atoms with Crippen molar-refractivity contribution in [2.24, 2.45) is 10.7 Å². The highest BCUT2D eigenvalue weighted by Gasteiger charge is 2.25. The fourth-order valence-corrected chi connectivity index (χ4v) is 3.33. The molecule has 27 heavy (non-hydrogen) atoms. The van der Waals surface area contributed by atoms with E-state index in [1.54, 1.807) is 16.2 Å². The number of ether oxygens (including phenoxy) is 1. The lowest BCUT2D eigenvalue weighted by molar-refractivity contribution is 0.0148. The Morgan fingerprint density at radius 2 is 2.04 bits per heavy atom. The highest BCUT2D eigenvalue weighted by molar-refractivity contribution is 14.0. The first-order valence-electron chi connectivity index (χ1n) is 9.10. The molecule has 3 N–H and O–H groups in total. The molecule has 2 heterocycles. The zero-order valence-corrected chi connectivity index (χ0v) is 19.6. The number of hydrogen-bond donors (Lipinski definition) is 2. The first-order chi connectivity index (χ1) is 12.3. The summed E-state index contributed by atoms with van der Waals surface area (Å²) in [6, 6.07) is 4.18. The molecule has 154 valence electrons. The lowest BCUT2D eigenvalue weighted by Crippen LogP contribution is -2.50. The summed E-state index contributed by atoms with van der Waals surface area (Å²) in [6.45, 7) is 11.0. The van der Waals surface area contributed by atoms with Gasteiger partial charge < -0.3 is 20.7 Å². The van der Waals surface area contributed by atoms with Gasteiger partial charge in [0.05, 0.1) is 6.54 Å². The van der Waals surface area contributed by atoms with Crippen LogP contribution in [0.15, 0.2) is 22.5 Å². The molecule has 1 aliphatic rings. The summed E-state index contributed by atoms with van der Waals surface area (Å²) in [5.74, 6) is 0.494. The third-order valence-corrected chi connectivity index (χ3v) is 4.92. The van der Waals surface area contributed by atoms with Gasteiger partial charge in [0.25, 0.3) is 0 Å². The lowest BCUT2D eigenvalue weighted by Gasteiger charge is -2.35. The predicted octanol–water partition coefficient (Wildman–Crippen LogP) is 2.37. The van der Waals surface area contributed by atoms with E-state index in [0.717, 1.165) is 32.6 Å². The minimum atomic E-state index is -0.447. The zero-order chi connectivity index (χ0) is 19.0. The molecule has 1 fully saturated rings. The summed E-state index contributed by atoms with van der Waals surface area (Å²) in [5.41, 5.74) is 5.46. The number of amides is 1. The standard InChI is InChI=1S/C18H31N5O2S.HI/c1-18(2,3)25-17(24)23-12-10-22(11-13-23)9-8-21-16(19)20-7-6-15-5-4-14-26-15;/h4-5,14H,6-13H2,1-3H3,(H3,19,20,21);1H. The van der Waals surface area contributed by atoms with E-state index in [-0.39, 0.29) is 30.1 Å². The van der Waals surface area contributed by atoms with Crippen molar-refractivity contribution in [3.63, 3.8) is 0 Å². The van der Waals surface area contributed by atoms with Crippen molar-refractivity contribution >= 4 is 47.4 Å². The fourth-order valence-electron chi connectivity index (χ4n) is 2.62. The van der Waals surface area contributed by atoms with Gasteiger partial charge in [-0.2, -0.15) is 0 Å². The van der Waals surface area contributed by atoms with Gasteiger partial charge in [-0.25, -0.2) is 4.79 Å². The second-order valence-corrected chi connectivity index (χ2v) is 8.36. The van der Waals surface area contributed by atoms with Crippen LogP contribution in [0.25, 0.3) is 0 Å². The molecule has 0 bridgehead atoms. The zero-order valence-electron chi connectivity index (χ0n) is 16.4. The number of rotatable bonds is 6. The smallest absolute Gasteiger partial charge is 0.410 e. The van der Waals surface area contributed by atoms with Gasteiger partial charge in [-0.05, 0) is 38.6 Å². The van der Waals surface area contributed by atoms with Crippen LogP contribution in [0, 0.1) is 0 Å². The van der Waals surface area contributed by atoms with E-state index >= 15 is 0 Å². The molecule has 1 amide bonds. The number of nitrogens with one attached hydrogen (secondary N) is 1. The van der Waals surface area contributed by atoms with E-state index in [1.807, 2.05) is 20.8 Å². The van der Waals surface area contributed by atoms with Gasteiger partial charge in [0.1, 0.15) is 5.60 Å². The summed E-state index contributed by atoms with van der Waals surface area (Å²) >= 11 is 1.75. The quantitative estimate of drug-likeness (QED) is 0.350. The molecule has 1 saturated heterocycles. The van der Waals surface area contributed by atoms with Crippen LogP contribution in [0.3, 0.4) is 0 Å². The van der Waals surface area contributed by atoms with Gasteiger partial charge in [-0.3, -0.25) is 9.89 Å². The van der Waals surface area contributed by atoms with Crippen molar-refractivity contribution in [3.05, 3.63) is 22.4 Å². The number of piperazine rings is 1. The largest absolute Gasteiger partial charge is 0.444 e. The Kier molecular flexibility index (Phi) is 10.4. The highest BCUT2D eigenvalue weighted by Crippen LogP contribution is 2.11. The van der Waals surface area contributed by atoms with Gasteiger partial charge in [0.2, 0.25) is 0 Å². The van der Waals surface area contributed by atoms with Gasteiger partial charge in [0, 0.05) is 44.1 Å². The van der Waals surface area contributed by atoms with Crippen molar-refractivity contribution in [2.75, 3.05) is 45.8 Å². The molecule has 1 aromatic heterocycles. The SMILES string of the molecule is CC(C)(C)OC(=O)N1CCN(CCN=C(N)NCCc2cccs2)CC1.I. The van der Waals surface area contributed by atoms with Gasteiger partial charge in [-0.15, -0.1) is 35.3 Å². The Hall–Kier alpha value is -1.07. The fraction of sp³-hybridized carbons (Fsp3) is 0.667. The van der Waals surface area contributed by atoms with Gasteiger partial charge in [-0.1, -0.05) is 6.07 Å². The van der Waals surface area contributed by atoms with Crippen molar-refractivity contribution in [1.29, 1.82) is 0 Å². The maximum absolute atomic E-state index is 12.0. The highest BCUT2D eigenvalue weighted by atomic mass is 127. The molecular weight excluding hydrogens is 477 g/mol. The molecule has 0 aromatic carbocycles. The minimum Gasteiger partial charge on any atom is -0.444 e.